The quantitative estimate of drug-likeness (QED) is 0.196. The van der Waals surface area contributed by atoms with Crippen molar-refractivity contribution in [3.63, 3.8) is 0 Å². The Balaban J connectivity index is 1.33. The van der Waals surface area contributed by atoms with E-state index in [4.69, 9.17) is 9.97 Å². The summed E-state index contributed by atoms with van der Waals surface area (Å²) in [5, 5.41) is 8.45. The molecular weight excluding hydrogens is 595 g/mol. The Labute approximate surface area is 282 Å². The Morgan fingerprint density at radius 1 is 0.367 bits per heavy atom. The van der Waals surface area contributed by atoms with Gasteiger partial charge in [0.25, 0.3) is 0 Å². The molecule has 1 aliphatic rings. The molecule has 0 radical (unpaired) electrons. The van der Waals surface area contributed by atoms with Crippen LogP contribution in [0.3, 0.4) is 0 Å². The van der Waals surface area contributed by atoms with E-state index >= 15 is 0 Å². The molecule has 0 saturated carbocycles. The van der Waals surface area contributed by atoms with Gasteiger partial charge in [0.1, 0.15) is 0 Å². The highest BCUT2D eigenvalue weighted by Gasteiger charge is 2.27. The van der Waals surface area contributed by atoms with Gasteiger partial charge in [-0.05, 0) is 73.8 Å². The number of hydrogen-bond donors (Lipinski definition) is 0. The number of aromatic nitrogens is 3. The molecule has 0 saturated heterocycles. The second kappa shape index (κ2) is 9.96. The third kappa shape index (κ3) is 3.73. The topological polar surface area (TPSA) is 30.7 Å². The van der Waals surface area contributed by atoms with E-state index in [-0.39, 0.29) is 0 Å². The van der Waals surface area contributed by atoms with E-state index in [2.05, 4.69) is 168 Å². The van der Waals surface area contributed by atoms with Gasteiger partial charge in [0.15, 0.2) is 0 Å². The van der Waals surface area contributed by atoms with Crippen LogP contribution in [-0.2, 0) is 0 Å². The summed E-state index contributed by atoms with van der Waals surface area (Å²) in [4.78, 5) is 10.8. The smallest absolute Gasteiger partial charge is 0.235 e. The zero-order valence-electron chi connectivity index (χ0n) is 26.4. The van der Waals surface area contributed by atoms with Gasteiger partial charge < -0.3 is 0 Å². The van der Waals surface area contributed by atoms with Crippen LogP contribution in [0.2, 0.25) is 0 Å². The van der Waals surface area contributed by atoms with E-state index in [0.717, 1.165) is 33.2 Å². The molecule has 0 N–H and O–H groups in total. The molecule has 0 unspecified atom stereocenters. The van der Waals surface area contributed by atoms with Crippen LogP contribution in [0, 0.1) is 0 Å². The average Bonchev–Trinajstić information content (AvgIpc) is 3.45. The number of para-hydroxylation sites is 1. The molecule has 226 valence electrons. The van der Waals surface area contributed by atoms with Crippen molar-refractivity contribution in [2.24, 2.45) is 0 Å². The summed E-state index contributed by atoms with van der Waals surface area (Å²) in [5.74, 6) is 0.670. The lowest BCUT2D eigenvalue weighted by atomic mass is 9.90. The Hall–Kier alpha value is -6.58. The van der Waals surface area contributed by atoms with Crippen LogP contribution in [0.5, 0.6) is 0 Å². The minimum absolute atomic E-state index is 0.670. The lowest BCUT2D eigenvalue weighted by molar-refractivity contribution is 1.01. The number of rotatable bonds is 3. The van der Waals surface area contributed by atoms with Crippen molar-refractivity contribution in [2.45, 2.75) is 0 Å². The van der Waals surface area contributed by atoms with Gasteiger partial charge in [0, 0.05) is 27.1 Å². The standard InChI is InChI=1S/C46H27N3/c1-2-13-29(14-3-1)38-27-41-44-42-34(19-10-20-36(38)42)32-16-6-7-17-33(32)35-21-11-23-40(43(35)44)49(41)46-47-39-22-9-8-18-37(39)45(48-46)31-25-24-28-12-4-5-15-30(28)26-31/h1-27H. The molecule has 0 spiro atoms. The van der Waals surface area contributed by atoms with Crippen molar-refractivity contribution in [1.82, 2.24) is 14.5 Å². The van der Waals surface area contributed by atoms with Crippen molar-refractivity contribution < 1.29 is 0 Å². The largest absolute Gasteiger partial charge is 0.278 e. The lowest BCUT2D eigenvalue weighted by Gasteiger charge is -2.16. The number of benzene rings is 8. The fraction of sp³-hybridized carbons (Fsp3) is 0. The van der Waals surface area contributed by atoms with Crippen molar-refractivity contribution in [1.29, 1.82) is 0 Å². The van der Waals surface area contributed by atoms with Gasteiger partial charge in [-0.25, -0.2) is 9.97 Å². The van der Waals surface area contributed by atoms with Crippen LogP contribution in [0.4, 0.5) is 0 Å². The Morgan fingerprint density at radius 3 is 1.90 bits per heavy atom. The second-order valence-corrected chi connectivity index (χ2v) is 12.9. The number of hydrogen-bond acceptors (Lipinski definition) is 2. The van der Waals surface area contributed by atoms with Crippen LogP contribution < -0.4 is 0 Å². The van der Waals surface area contributed by atoms with Crippen LogP contribution in [-0.4, -0.2) is 14.5 Å². The first-order valence-corrected chi connectivity index (χ1v) is 16.8. The molecule has 49 heavy (non-hydrogen) atoms. The van der Waals surface area contributed by atoms with Gasteiger partial charge in [0.2, 0.25) is 5.95 Å². The zero-order valence-corrected chi connectivity index (χ0v) is 26.4. The highest BCUT2D eigenvalue weighted by Crippen LogP contribution is 2.51. The fourth-order valence-corrected chi connectivity index (χ4v) is 8.20. The Bertz CT molecular complexity index is 2990. The molecule has 3 heteroatoms. The second-order valence-electron chi connectivity index (χ2n) is 12.9. The van der Waals surface area contributed by atoms with Crippen molar-refractivity contribution >= 4 is 54.3 Å². The third-order valence-electron chi connectivity index (χ3n) is 10.3. The molecule has 3 nitrogen and oxygen atoms in total. The molecule has 0 bridgehead atoms. The maximum atomic E-state index is 5.47. The summed E-state index contributed by atoms with van der Waals surface area (Å²) in [6.45, 7) is 0. The molecule has 0 aliphatic heterocycles. The maximum absolute atomic E-state index is 5.47. The lowest BCUT2D eigenvalue weighted by Crippen LogP contribution is -2.04. The van der Waals surface area contributed by atoms with Crippen LogP contribution in [0.15, 0.2) is 164 Å². The zero-order chi connectivity index (χ0) is 32.1. The van der Waals surface area contributed by atoms with Crippen LogP contribution in [0.1, 0.15) is 0 Å². The number of fused-ring (bicyclic) bond motifs is 5. The summed E-state index contributed by atoms with van der Waals surface area (Å²) in [6, 6.07) is 58.9. The predicted octanol–water partition coefficient (Wildman–Crippen LogP) is 12.0. The van der Waals surface area contributed by atoms with Crippen molar-refractivity contribution in [2.75, 3.05) is 0 Å². The van der Waals surface area contributed by atoms with Crippen molar-refractivity contribution in [3.05, 3.63) is 164 Å². The van der Waals surface area contributed by atoms with Crippen LogP contribution in [0.25, 0.3) is 105 Å². The van der Waals surface area contributed by atoms with Gasteiger partial charge >= 0.3 is 0 Å². The number of nitrogens with zero attached hydrogens (tertiary/aromatic N) is 3. The Kier molecular flexibility index (Phi) is 5.38. The first kappa shape index (κ1) is 26.5. The first-order chi connectivity index (χ1) is 24.3. The van der Waals surface area contributed by atoms with E-state index in [9.17, 15) is 0 Å². The molecule has 2 aromatic heterocycles. The summed E-state index contributed by atoms with van der Waals surface area (Å²) < 4.78 is 2.31. The van der Waals surface area contributed by atoms with E-state index in [0.29, 0.717) is 5.95 Å². The van der Waals surface area contributed by atoms with Crippen molar-refractivity contribution in [3.8, 4) is 50.6 Å². The maximum Gasteiger partial charge on any atom is 0.235 e. The molecule has 2 heterocycles. The molecule has 10 aromatic rings. The summed E-state index contributed by atoms with van der Waals surface area (Å²) in [5.41, 5.74) is 12.5. The van der Waals surface area contributed by atoms with Gasteiger partial charge in [-0.15, -0.1) is 0 Å². The third-order valence-corrected chi connectivity index (χ3v) is 10.3. The van der Waals surface area contributed by atoms with E-state index in [1.54, 1.807) is 0 Å². The Morgan fingerprint density at radius 2 is 1.04 bits per heavy atom. The minimum Gasteiger partial charge on any atom is -0.278 e. The van der Waals surface area contributed by atoms with Gasteiger partial charge in [-0.2, -0.15) is 0 Å². The summed E-state index contributed by atoms with van der Waals surface area (Å²) in [6.07, 6.45) is 0. The average molecular weight is 622 g/mol. The highest BCUT2D eigenvalue weighted by atomic mass is 15.2. The van der Waals surface area contributed by atoms with E-state index in [1.807, 2.05) is 0 Å². The van der Waals surface area contributed by atoms with Gasteiger partial charge in [0.05, 0.1) is 22.2 Å². The van der Waals surface area contributed by atoms with E-state index < -0.39 is 0 Å². The first-order valence-electron chi connectivity index (χ1n) is 16.8. The molecular formula is C46H27N3. The summed E-state index contributed by atoms with van der Waals surface area (Å²) in [7, 11) is 0. The van der Waals surface area contributed by atoms with Crippen LogP contribution >= 0.6 is 0 Å². The fourth-order valence-electron chi connectivity index (χ4n) is 8.20. The van der Waals surface area contributed by atoms with Gasteiger partial charge in [-0.3, -0.25) is 4.57 Å². The molecule has 1 aliphatic carbocycles. The summed E-state index contributed by atoms with van der Waals surface area (Å²) >= 11 is 0. The van der Waals surface area contributed by atoms with E-state index in [1.165, 1.54) is 65.7 Å². The molecule has 0 atom stereocenters. The molecule has 0 fully saturated rings. The normalized spacial score (nSPS) is 12.1. The molecule has 11 rings (SSSR count). The predicted molar refractivity (Wildman–Crippen MR) is 204 cm³/mol. The monoisotopic (exact) mass is 621 g/mol. The highest BCUT2D eigenvalue weighted by molar-refractivity contribution is 6.32. The minimum atomic E-state index is 0.670. The molecule has 8 aromatic carbocycles. The SMILES string of the molecule is c1ccc(-c2cc3c4c5c(cccc25)-c2ccccc2-c2cccc(c24)n3-c2nc(-c3ccc4ccccc4c3)c3ccccc3n2)cc1. The molecule has 0 amide bonds. The van der Waals surface area contributed by atoms with Gasteiger partial charge in [-0.1, -0.05) is 140 Å².